The van der Waals surface area contributed by atoms with Gasteiger partial charge in [-0.15, -0.1) is 0 Å². The summed E-state index contributed by atoms with van der Waals surface area (Å²) >= 11 is 0. The summed E-state index contributed by atoms with van der Waals surface area (Å²) in [6, 6.07) is 1.94. The van der Waals surface area contributed by atoms with Crippen molar-refractivity contribution in [2.24, 2.45) is 5.92 Å². The van der Waals surface area contributed by atoms with E-state index in [1.54, 1.807) is 4.90 Å². The van der Waals surface area contributed by atoms with E-state index in [4.69, 9.17) is 14.8 Å². The number of likely N-dealkylation sites (tertiary alicyclic amines) is 1. The minimum atomic E-state index is -4.11. The summed E-state index contributed by atoms with van der Waals surface area (Å²) in [7, 11) is 1.39. The molecule has 2 aliphatic rings. The molecule has 4 rings (SSSR count). The number of halogens is 3. The van der Waals surface area contributed by atoms with Crippen molar-refractivity contribution in [2.45, 2.75) is 76.8 Å². The van der Waals surface area contributed by atoms with Gasteiger partial charge in [-0.2, -0.15) is 18.3 Å². The number of methoxy groups -OCH3 is 1. The second kappa shape index (κ2) is 8.90. The second-order valence-electron chi connectivity index (χ2n) is 9.10. The molecule has 1 atom stereocenters. The van der Waals surface area contributed by atoms with Gasteiger partial charge in [0.1, 0.15) is 0 Å². The van der Waals surface area contributed by atoms with Gasteiger partial charge in [-0.25, -0.2) is 14.3 Å². The standard InChI is InChI=1S/C23H31F3N4O2/c1-4-18-14(2)27-20-12-19(15-7-9-17(10-8-15)23(24,25)26)28-30(20)21(18)16-6-5-11-29(13-16)22(31)32-3/h12,15-17H,4-11,13H2,1-3H3/t15-,16-,17-/m1/s1. The molecular weight excluding hydrogens is 421 g/mol. The Morgan fingerprint density at radius 1 is 1.19 bits per heavy atom. The Morgan fingerprint density at radius 3 is 2.53 bits per heavy atom. The molecule has 0 N–H and O–H groups in total. The van der Waals surface area contributed by atoms with Crippen LogP contribution in [0.2, 0.25) is 0 Å². The highest BCUT2D eigenvalue weighted by Gasteiger charge is 2.42. The molecule has 1 saturated carbocycles. The van der Waals surface area contributed by atoms with Crippen molar-refractivity contribution < 1.29 is 22.7 Å². The molecule has 0 bridgehead atoms. The molecule has 2 aromatic rings. The lowest BCUT2D eigenvalue weighted by Crippen LogP contribution is -2.39. The van der Waals surface area contributed by atoms with Crippen LogP contribution in [0.3, 0.4) is 0 Å². The third-order valence-corrected chi connectivity index (χ3v) is 7.17. The summed E-state index contributed by atoms with van der Waals surface area (Å²) < 4.78 is 46.0. The fraction of sp³-hybridized carbons (Fsp3) is 0.696. The number of nitrogens with zero attached hydrogens (tertiary/aromatic N) is 4. The third-order valence-electron chi connectivity index (χ3n) is 7.17. The quantitative estimate of drug-likeness (QED) is 0.627. The molecule has 2 fully saturated rings. The first-order chi connectivity index (χ1) is 15.2. The molecule has 6 nitrogen and oxygen atoms in total. The van der Waals surface area contributed by atoms with Crippen LogP contribution in [0.4, 0.5) is 18.0 Å². The number of carbonyl (C=O) groups excluding carboxylic acids is 1. The molecular formula is C23H31F3N4O2. The lowest BCUT2D eigenvalue weighted by Gasteiger charge is -2.33. The highest BCUT2D eigenvalue weighted by Crippen LogP contribution is 2.43. The van der Waals surface area contributed by atoms with Crippen molar-refractivity contribution >= 4 is 11.7 Å². The zero-order chi connectivity index (χ0) is 23.0. The lowest BCUT2D eigenvalue weighted by molar-refractivity contribution is -0.182. The Balaban J connectivity index is 1.67. The maximum Gasteiger partial charge on any atom is 0.409 e. The number of rotatable bonds is 3. The second-order valence-corrected chi connectivity index (χ2v) is 9.10. The van der Waals surface area contributed by atoms with E-state index in [9.17, 15) is 18.0 Å². The van der Waals surface area contributed by atoms with Crippen LogP contribution in [0, 0.1) is 12.8 Å². The molecule has 1 aliphatic carbocycles. The Hall–Kier alpha value is -2.32. The fourth-order valence-electron chi connectivity index (χ4n) is 5.47. The van der Waals surface area contributed by atoms with Gasteiger partial charge < -0.3 is 9.64 Å². The van der Waals surface area contributed by atoms with Crippen LogP contribution in [0.25, 0.3) is 5.65 Å². The number of ether oxygens (including phenoxy) is 1. The van der Waals surface area contributed by atoms with Crippen LogP contribution in [-0.2, 0) is 11.2 Å². The Labute approximate surface area is 186 Å². The zero-order valence-electron chi connectivity index (χ0n) is 18.9. The minimum absolute atomic E-state index is 0.0199. The summed E-state index contributed by atoms with van der Waals surface area (Å²) in [5.74, 6) is -1.08. The summed E-state index contributed by atoms with van der Waals surface area (Å²) in [5, 5.41) is 4.88. The van der Waals surface area contributed by atoms with Crippen molar-refractivity contribution in [1.82, 2.24) is 19.5 Å². The summed E-state index contributed by atoms with van der Waals surface area (Å²) in [5.41, 5.74) is 4.70. The van der Waals surface area contributed by atoms with Gasteiger partial charge in [0, 0.05) is 36.7 Å². The molecule has 0 unspecified atom stereocenters. The van der Waals surface area contributed by atoms with Crippen molar-refractivity contribution in [3.63, 3.8) is 0 Å². The van der Waals surface area contributed by atoms with Crippen molar-refractivity contribution in [2.75, 3.05) is 20.2 Å². The first-order valence-corrected chi connectivity index (χ1v) is 11.5. The molecule has 0 radical (unpaired) electrons. The average Bonchev–Trinajstić information content (AvgIpc) is 3.20. The van der Waals surface area contributed by atoms with E-state index >= 15 is 0 Å². The molecule has 1 aliphatic heterocycles. The maximum absolute atomic E-state index is 13.1. The maximum atomic E-state index is 13.1. The predicted molar refractivity (Wildman–Crippen MR) is 114 cm³/mol. The van der Waals surface area contributed by atoms with E-state index in [1.807, 2.05) is 17.5 Å². The first kappa shape index (κ1) is 22.9. The Morgan fingerprint density at radius 2 is 1.91 bits per heavy atom. The van der Waals surface area contributed by atoms with E-state index in [1.165, 1.54) is 7.11 Å². The largest absolute Gasteiger partial charge is 0.453 e. The smallest absolute Gasteiger partial charge is 0.409 e. The summed E-state index contributed by atoms with van der Waals surface area (Å²) in [4.78, 5) is 18.6. The van der Waals surface area contributed by atoms with Crippen LogP contribution in [0.1, 0.15) is 79.9 Å². The highest BCUT2D eigenvalue weighted by molar-refractivity contribution is 5.67. The molecule has 1 saturated heterocycles. The Bertz CT molecular complexity index is 980. The van der Waals surface area contributed by atoms with E-state index in [2.05, 4.69) is 6.92 Å². The van der Waals surface area contributed by atoms with Crippen LogP contribution in [-0.4, -0.2) is 52.0 Å². The zero-order valence-corrected chi connectivity index (χ0v) is 18.9. The first-order valence-electron chi connectivity index (χ1n) is 11.5. The van der Waals surface area contributed by atoms with E-state index < -0.39 is 12.1 Å². The topological polar surface area (TPSA) is 59.7 Å². The molecule has 176 valence electrons. The van der Waals surface area contributed by atoms with Crippen molar-refractivity contribution in [3.8, 4) is 0 Å². The molecule has 2 aromatic heterocycles. The number of aromatic nitrogens is 3. The van der Waals surface area contributed by atoms with Crippen LogP contribution < -0.4 is 0 Å². The normalized spacial score (nSPS) is 24.7. The third kappa shape index (κ3) is 4.30. The molecule has 3 heterocycles. The minimum Gasteiger partial charge on any atom is -0.453 e. The number of aryl methyl sites for hydroxylation is 1. The number of hydrogen-bond acceptors (Lipinski definition) is 4. The van der Waals surface area contributed by atoms with E-state index in [0.717, 1.165) is 47.6 Å². The molecule has 9 heteroatoms. The molecule has 32 heavy (non-hydrogen) atoms. The van der Waals surface area contributed by atoms with E-state index in [-0.39, 0.29) is 30.8 Å². The van der Waals surface area contributed by atoms with Gasteiger partial charge in [0.15, 0.2) is 5.65 Å². The molecule has 0 aromatic carbocycles. The number of amides is 1. The van der Waals surface area contributed by atoms with Crippen LogP contribution >= 0.6 is 0 Å². The Kier molecular flexibility index (Phi) is 6.36. The average molecular weight is 453 g/mol. The highest BCUT2D eigenvalue weighted by atomic mass is 19.4. The monoisotopic (exact) mass is 452 g/mol. The van der Waals surface area contributed by atoms with Crippen molar-refractivity contribution in [3.05, 3.63) is 28.7 Å². The van der Waals surface area contributed by atoms with Crippen molar-refractivity contribution in [1.29, 1.82) is 0 Å². The van der Waals surface area contributed by atoms with Gasteiger partial charge >= 0.3 is 12.3 Å². The van der Waals surface area contributed by atoms with Crippen LogP contribution in [0.5, 0.6) is 0 Å². The number of carbonyl (C=O) groups is 1. The summed E-state index contributed by atoms with van der Waals surface area (Å²) in [6.45, 7) is 5.31. The number of piperidine rings is 1. The van der Waals surface area contributed by atoms with Gasteiger partial charge in [0.2, 0.25) is 0 Å². The van der Waals surface area contributed by atoms with Crippen LogP contribution in [0.15, 0.2) is 6.07 Å². The van der Waals surface area contributed by atoms with Gasteiger partial charge in [-0.1, -0.05) is 6.92 Å². The number of hydrogen-bond donors (Lipinski definition) is 0. The number of fused-ring (bicyclic) bond motifs is 1. The fourth-order valence-corrected chi connectivity index (χ4v) is 5.47. The van der Waals surface area contributed by atoms with Gasteiger partial charge in [-0.05, 0) is 57.4 Å². The molecule has 1 amide bonds. The lowest BCUT2D eigenvalue weighted by atomic mass is 9.80. The van der Waals surface area contributed by atoms with Gasteiger partial charge in [0.05, 0.1) is 24.4 Å². The SMILES string of the molecule is CCc1c(C)nc2cc([C@H]3CC[C@H](C(F)(F)F)CC3)nn2c1[C@@H]1CCCN(C(=O)OC)C1. The van der Waals surface area contributed by atoms with Gasteiger partial charge in [0.25, 0.3) is 0 Å². The number of alkyl halides is 3. The molecule has 0 spiro atoms. The predicted octanol–water partition coefficient (Wildman–Crippen LogP) is 5.38. The van der Waals surface area contributed by atoms with Gasteiger partial charge in [-0.3, -0.25) is 0 Å². The van der Waals surface area contributed by atoms with E-state index in [0.29, 0.717) is 25.9 Å². The summed E-state index contributed by atoms with van der Waals surface area (Å²) in [6.07, 6.45) is -0.547.